The van der Waals surface area contributed by atoms with Gasteiger partial charge < -0.3 is 10.2 Å². The molecular formula is C20H32O2. The van der Waals surface area contributed by atoms with Gasteiger partial charge in [0, 0.05) is 0 Å². The summed E-state index contributed by atoms with van der Waals surface area (Å²) in [4.78, 5) is 0. The van der Waals surface area contributed by atoms with Crippen molar-refractivity contribution in [3.05, 3.63) is 34.9 Å². The molecule has 2 aliphatic carbocycles. The maximum atomic E-state index is 10.9. The molecule has 22 heavy (non-hydrogen) atoms. The number of fused-ring (bicyclic) bond motifs is 1. The molecule has 0 heterocycles. The van der Waals surface area contributed by atoms with E-state index in [0.29, 0.717) is 6.42 Å². The van der Waals surface area contributed by atoms with Crippen LogP contribution in [0.25, 0.3) is 0 Å². The minimum absolute atomic E-state index is 0.0116. The molecule has 124 valence electrons. The Hall–Kier alpha value is -0.860. The smallest absolute Gasteiger partial charge is 0.0804 e. The van der Waals surface area contributed by atoms with E-state index in [1.54, 1.807) is 0 Å². The van der Waals surface area contributed by atoms with E-state index >= 15 is 0 Å². The fourth-order valence-electron chi connectivity index (χ4n) is 4.12. The van der Waals surface area contributed by atoms with E-state index in [2.05, 4.69) is 26.5 Å². The molecule has 0 unspecified atom stereocenters. The molecule has 0 saturated heterocycles. The SMILES string of the molecule is C=C1CC/C=C(\C)C[C@@H](O)C2=C(C(C)(C)O)CC[C@@]2(C)CC1. The number of allylic oxidation sites excluding steroid dienone is 2. The van der Waals surface area contributed by atoms with Crippen molar-refractivity contribution in [3.8, 4) is 0 Å². The third-order valence-corrected chi connectivity index (χ3v) is 5.51. The number of rotatable bonds is 1. The van der Waals surface area contributed by atoms with Crippen LogP contribution in [0.4, 0.5) is 0 Å². The Morgan fingerprint density at radius 3 is 2.50 bits per heavy atom. The molecule has 0 amide bonds. The molecule has 2 aliphatic rings. The number of hydrogen-bond acceptors (Lipinski definition) is 2. The molecule has 0 radical (unpaired) electrons. The molecule has 0 bridgehead atoms. The average molecular weight is 304 g/mol. The van der Waals surface area contributed by atoms with Crippen LogP contribution >= 0.6 is 0 Å². The zero-order valence-electron chi connectivity index (χ0n) is 14.7. The minimum Gasteiger partial charge on any atom is -0.388 e. The Kier molecular flexibility index (Phi) is 5.03. The highest BCUT2D eigenvalue weighted by molar-refractivity contribution is 5.36. The highest BCUT2D eigenvalue weighted by atomic mass is 16.3. The Labute approximate surface area is 135 Å². The van der Waals surface area contributed by atoms with Crippen molar-refractivity contribution >= 4 is 0 Å². The second kappa shape index (κ2) is 6.33. The predicted molar refractivity (Wildman–Crippen MR) is 92.7 cm³/mol. The monoisotopic (exact) mass is 304 g/mol. The molecule has 2 atom stereocenters. The van der Waals surface area contributed by atoms with E-state index in [1.165, 1.54) is 11.1 Å². The maximum absolute atomic E-state index is 10.9. The summed E-state index contributed by atoms with van der Waals surface area (Å²) in [5.74, 6) is 0. The first kappa shape index (κ1) is 17.5. The molecule has 2 heteroatoms. The predicted octanol–water partition coefficient (Wildman–Crippen LogP) is 4.68. The van der Waals surface area contributed by atoms with Crippen LogP contribution < -0.4 is 0 Å². The van der Waals surface area contributed by atoms with Crippen molar-refractivity contribution in [2.75, 3.05) is 0 Å². The number of aliphatic hydroxyl groups is 2. The summed E-state index contributed by atoms with van der Waals surface area (Å²) in [6, 6.07) is 0. The van der Waals surface area contributed by atoms with E-state index in [0.717, 1.165) is 49.7 Å². The van der Waals surface area contributed by atoms with Gasteiger partial charge in [-0.25, -0.2) is 0 Å². The van der Waals surface area contributed by atoms with Crippen molar-refractivity contribution in [3.63, 3.8) is 0 Å². The van der Waals surface area contributed by atoms with E-state index < -0.39 is 11.7 Å². The van der Waals surface area contributed by atoms with Crippen LogP contribution in [0.5, 0.6) is 0 Å². The minimum atomic E-state index is -0.844. The van der Waals surface area contributed by atoms with Crippen molar-refractivity contribution in [1.82, 2.24) is 0 Å². The summed E-state index contributed by atoms with van der Waals surface area (Å²) in [6.45, 7) is 12.3. The summed E-state index contributed by atoms with van der Waals surface area (Å²) in [5, 5.41) is 21.4. The van der Waals surface area contributed by atoms with Gasteiger partial charge >= 0.3 is 0 Å². The first-order valence-electron chi connectivity index (χ1n) is 8.60. The van der Waals surface area contributed by atoms with E-state index in [4.69, 9.17) is 0 Å². The molecule has 2 nitrogen and oxygen atoms in total. The third kappa shape index (κ3) is 3.72. The molecule has 0 spiro atoms. The van der Waals surface area contributed by atoms with Crippen LogP contribution in [0.3, 0.4) is 0 Å². The van der Waals surface area contributed by atoms with Gasteiger partial charge in [0.05, 0.1) is 11.7 Å². The standard InChI is InChI=1S/C20H32O2/c1-14-7-6-8-15(2)13-17(21)18-16(19(3,4)22)10-12-20(18,5)11-9-14/h8,17,21-22H,1,6-7,9-13H2,2-5H3/b15-8+/t17-,20-/m1/s1. The first-order valence-corrected chi connectivity index (χ1v) is 8.60. The fraction of sp³-hybridized carbons (Fsp3) is 0.700. The topological polar surface area (TPSA) is 40.5 Å². The second-order valence-electron chi connectivity index (χ2n) is 8.07. The van der Waals surface area contributed by atoms with Crippen LogP contribution in [0.2, 0.25) is 0 Å². The number of aliphatic hydroxyl groups excluding tert-OH is 1. The molecule has 2 N–H and O–H groups in total. The summed E-state index contributed by atoms with van der Waals surface area (Å²) in [5.41, 5.74) is 3.84. The Morgan fingerprint density at radius 1 is 1.23 bits per heavy atom. The van der Waals surface area contributed by atoms with Gasteiger partial charge in [-0.1, -0.05) is 30.7 Å². The van der Waals surface area contributed by atoms with Crippen LogP contribution in [-0.4, -0.2) is 21.9 Å². The van der Waals surface area contributed by atoms with Gasteiger partial charge in [0.25, 0.3) is 0 Å². The lowest BCUT2D eigenvalue weighted by Gasteiger charge is -2.33. The van der Waals surface area contributed by atoms with Crippen LogP contribution in [-0.2, 0) is 0 Å². The van der Waals surface area contributed by atoms with E-state index in [-0.39, 0.29) is 5.41 Å². The Bertz CT molecular complexity index is 504. The molecule has 0 fully saturated rings. The van der Waals surface area contributed by atoms with Gasteiger partial charge in [-0.3, -0.25) is 0 Å². The van der Waals surface area contributed by atoms with Gasteiger partial charge in [0.2, 0.25) is 0 Å². The lowest BCUT2D eigenvalue weighted by molar-refractivity contribution is 0.111. The maximum Gasteiger partial charge on any atom is 0.0804 e. The lowest BCUT2D eigenvalue weighted by atomic mass is 9.74. The number of hydrogen-bond donors (Lipinski definition) is 2. The Morgan fingerprint density at radius 2 is 1.86 bits per heavy atom. The van der Waals surface area contributed by atoms with Gasteiger partial charge in [0.15, 0.2) is 0 Å². The molecular weight excluding hydrogens is 272 g/mol. The van der Waals surface area contributed by atoms with Gasteiger partial charge in [0.1, 0.15) is 0 Å². The van der Waals surface area contributed by atoms with Crippen LogP contribution in [0.15, 0.2) is 34.9 Å². The highest BCUT2D eigenvalue weighted by Crippen LogP contribution is 2.51. The van der Waals surface area contributed by atoms with Gasteiger partial charge in [-0.2, -0.15) is 0 Å². The average Bonchev–Trinajstić information content (AvgIpc) is 2.73. The largest absolute Gasteiger partial charge is 0.388 e. The summed E-state index contributed by atoms with van der Waals surface area (Å²) in [7, 11) is 0. The summed E-state index contributed by atoms with van der Waals surface area (Å²) < 4.78 is 0. The second-order valence-corrected chi connectivity index (χ2v) is 8.07. The first-order chi connectivity index (χ1) is 10.1. The molecule has 0 aromatic carbocycles. The van der Waals surface area contributed by atoms with Crippen molar-refractivity contribution < 1.29 is 10.2 Å². The molecule has 0 aromatic rings. The quantitative estimate of drug-likeness (QED) is 0.690. The van der Waals surface area contributed by atoms with Crippen molar-refractivity contribution in [2.45, 2.75) is 84.3 Å². The van der Waals surface area contributed by atoms with Crippen molar-refractivity contribution in [2.24, 2.45) is 5.41 Å². The molecule has 0 aromatic heterocycles. The van der Waals surface area contributed by atoms with E-state index in [9.17, 15) is 10.2 Å². The normalized spacial score (nSPS) is 34.0. The van der Waals surface area contributed by atoms with Gasteiger partial charge in [-0.05, 0) is 82.3 Å². The highest BCUT2D eigenvalue weighted by Gasteiger charge is 2.43. The van der Waals surface area contributed by atoms with Gasteiger partial charge in [-0.15, -0.1) is 0 Å². The third-order valence-electron chi connectivity index (χ3n) is 5.51. The zero-order chi connectivity index (χ0) is 16.5. The fourth-order valence-corrected chi connectivity index (χ4v) is 4.12. The molecule has 0 saturated carbocycles. The summed E-state index contributed by atoms with van der Waals surface area (Å²) >= 11 is 0. The van der Waals surface area contributed by atoms with E-state index in [1.807, 2.05) is 13.8 Å². The van der Waals surface area contributed by atoms with Crippen LogP contribution in [0.1, 0.15) is 72.6 Å². The Balaban J connectivity index is 2.45. The zero-order valence-corrected chi connectivity index (χ0v) is 14.7. The van der Waals surface area contributed by atoms with Crippen LogP contribution in [0, 0.1) is 5.41 Å². The van der Waals surface area contributed by atoms with Crippen molar-refractivity contribution in [1.29, 1.82) is 0 Å². The summed E-state index contributed by atoms with van der Waals surface area (Å²) in [6.07, 6.45) is 8.45. The molecule has 0 aliphatic heterocycles. The lowest BCUT2D eigenvalue weighted by Crippen LogP contribution is -2.29. The molecule has 2 rings (SSSR count).